The van der Waals surface area contributed by atoms with E-state index in [1.54, 1.807) is 12.4 Å². The molecular formula is C13H21N3. The zero-order valence-corrected chi connectivity index (χ0v) is 10.1. The first-order valence-electron chi connectivity index (χ1n) is 6.20. The Hall–Kier alpha value is -0.960. The van der Waals surface area contributed by atoms with Crippen molar-refractivity contribution in [2.24, 2.45) is 23.5 Å². The van der Waals surface area contributed by atoms with E-state index in [0.717, 1.165) is 17.4 Å². The van der Waals surface area contributed by atoms with Crippen LogP contribution in [0.3, 0.4) is 0 Å². The third-order valence-corrected chi connectivity index (χ3v) is 4.14. The Balaban J connectivity index is 2.03. The van der Waals surface area contributed by atoms with Crippen molar-refractivity contribution in [2.75, 3.05) is 0 Å². The van der Waals surface area contributed by atoms with Crippen LogP contribution >= 0.6 is 0 Å². The minimum absolute atomic E-state index is 0.130. The summed E-state index contributed by atoms with van der Waals surface area (Å²) in [4.78, 5) is 0. The Morgan fingerprint density at radius 1 is 1.25 bits per heavy atom. The van der Waals surface area contributed by atoms with E-state index in [2.05, 4.69) is 24.0 Å². The number of hydrogen-bond donors (Lipinski definition) is 1. The largest absolute Gasteiger partial charge is 0.324 e. The first-order chi connectivity index (χ1) is 7.68. The Morgan fingerprint density at radius 3 is 2.69 bits per heavy atom. The van der Waals surface area contributed by atoms with Crippen molar-refractivity contribution < 1.29 is 0 Å². The van der Waals surface area contributed by atoms with Crippen molar-refractivity contribution in [1.82, 2.24) is 10.2 Å². The van der Waals surface area contributed by atoms with Gasteiger partial charge >= 0.3 is 0 Å². The second-order valence-electron chi connectivity index (χ2n) is 5.23. The highest BCUT2D eigenvalue weighted by molar-refractivity contribution is 5.12. The smallest absolute Gasteiger partial charge is 0.0544 e. The average molecular weight is 219 g/mol. The standard InChI is InChI=1S/C13H21N3/c1-9-3-4-11(7-10(9)2)13(14)12-5-6-15-16-8-12/h5-6,8-11,13H,3-4,7,14H2,1-2H3. The maximum atomic E-state index is 6.31. The summed E-state index contributed by atoms with van der Waals surface area (Å²) in [6.45, 7) is 4.69. The van der Waals surface area contributed by atoms with Crippen molar-refractivity contribution in [2.45, 2.75) is 39.2 Å². The van der Waals surface area contributed by atoms with Crippen LogP contribution in [0.15, 0.2) is 18.5 Å². The minimum Gasteiger partial charge on any atom is -0.324 e. The van der Waals surface area contributed by atoms with Crippen LogP contribution < -0.4 is 5.73 Å². The fourth-order valence-electron chi connectivity index (χ4n) is 2.69. The van der Waals surface area contributed by atoms with Gasteiger partial charge in [0, 0.05) is 12.2 Å². The SMILES string of the molecule is CC1CCC(C(N)c2ccnnc2)CC1C. The quantitative estimate of drug-likeness (QED) is 0.831. The zero-order chi connectivity index (χ0) is 11.5. The maximum absolute atomic E-state index is 6.31. The highest BCUT2D eigenvalue weighted by Crippen LogP contribution is 2.38. The van der Waals surface area contributed by atoms with E-state index in [-0.39, 0.29) is 6.04 Å². The molecule has 1 saturated carbocycles. The molecule has 1 aromatic heterocycles. The van der Waals surface area contributed by atoms with Crippen molar-refractivity contribution in [3.63, 3.8) is 0 Å². The molecule has 2 N–H and O–H groups in total. The number of aromatic nitrogens is 2. The molecule has 16 heavy (non-hydrogen) atoms. The summed E-state index contributed by atoms with van der Waals surface area (Å²) in [7, 11) is 0. The van der Waals surface area contributed by atoms with Crippen LogP contribution in [-0.4, -0.2) is 10.2 Å². The predicted octanol–water partition coefficient (Wildman–Crippen LogP) is 2.55. The average Bonchev–Trinajstić information content (AvgIpc) is 2.33. The maximum Gasteiger partial charge on any atom is 0.0544 e. The molecule has 1 aliphatic rings. The highest BCUT2D eigenvalue weighted by atomic mass is 15.1. The Morgan fingerprint density at radius 2 is 2.06 bits per heavy atom. The van der Waals surface area contributed by atoms with E-state index in [4.69, 9.17) is 5.73 Å². The van der Waals surface area contributed by atoms with E-state index in [9.17, 15) is 0 Å². The van der Waals surface area contributed by atoms with Gasteiger partial charge < -0.3 is 5.73 Å². The lowest BCUT2D eigenvalue weighted by molar-refractivity contribution is 0.186. The molecule has 4 atom stereocenters. The van der Waals surface area contributed by atoms with Crippen LogP contribution in [0, 0.1) is 17.8 Å². The van der Waals surface area contributed by atoms with Gasteiger partial charge in [-0.3, -0.25) is 0 Å². The molecule has 3 heteroatoms. The molecule has 0 aromatic carbocycles. The van der Waals surface area contributed by atoms with Gasteiger partial charge in [0.05, 0.1) is 6.20 Å². The van der Waals surface area contributed by atoms with Crippen LogP contribution in [-0.2, 0) is 0 Å². The molecule has 1 aromatic rings. The third-order valence-electron chi connectivity index (χ3n) is 4.14. The topological polar surface area (TPSA) is 51.8 Å². The third kappa shape index (κ3) is 2.40. The number of rotatable bonds is 2. The second kappa shape index (κ2) is 4.91. The molecular weight excluding hydrogens is 198 g/mol. The number of hydrogen-bond acceptors (Lipinski definition) is 3. The first-order valence-corrected chi connectivity index (χ1v) is 6.20. The van der Waals surface area contributed by atoms with E-state index >= 15 is 0 Å². The van der Waals surface area contributed by atoms with Gasteiger partial charge in [0.2, 0.25) is 0 Å². The summed E-state index contributed by atoms with van der Waals surface area (Å²) < 4.78 is 0. The number of nitrogens with zero attached hydrogens (tertiary/aromatic N) is 2. The lowest BCUT2D eigenvalue weighted by Gasteiger charge is -2.35. The van der Waals surface area contributed by atoms with Crippen molar-refractivity contribution in [3.8, 4) is 0 Å². The van der Waals surface area contributed by atoms with Crippen LogP contribution in [0.4, 0.5) is 0 Å². The molecule has 1 aliphatic carbocycles. The van der Waals surface area contributed by atoms with Crippen LogP contribution in [0.25, 0.3) is 0 Å². The molecule has 0 bridgehead atoms. The molecule has 0 saturated heterocycles. The summed E-state index contributed by atoms with van der Waals surface area (Å²) in [5, 5.41) is 7.70. The van der Waals surface area contributed by atoms with Gasteiger partial charge in [0.15, 0.2) is 0 Å². The van der Waals surface area contributed by atoms with Crippen LogP contribution in [0.2, 0.25) is 0 Å². The second-order valence-corrected chi connectivity index (χ2v) is 5.23. The molecule has 0 radical (unpaired) electrons. The molecule has 2 rings (SSSR count). The molecule has 1 heterocycles. The Labute approximate surface area is 97.5 Å². The lowest BCUT2D eigenvalue weighted by Crippen LogP contribution is -2.29. The molecule has 0 spiro atoms. The molecule has 0 amide bonds. The van der Waals surface area contributed by atoms with Crippen LogP contribution in [0.5, 0.6) is 0 Å². The van der Waals surface area contributed by atoms with E-state index < -0.39 is 0 Å². The van der Waals surface area contributed by atoms with Crippen molar-refractivity contribution >= 4 is 0 Å². The van der Waals surface area contributed by atoms with E-state index in [0.29, 0.717) is 5.92 Å². The fourth-order valence-corrected chi connectivity index (χ4v) is 2.69. The molecule has 3 nitrogen and oxygen atoms in total. The van der Waals surface area contributed by atoms with E-state index in [1.807, 2.05) is 6.07 Å². The van der Waals surface area contributed by atoms with Gasteiger partial charge in [0.25, 0.3) is 0 Å². The predicted molar refractivity (Wildman–Crippen MR) is 64.6 cm³/mol. The van der Waals surface area contributed by atoms with Gasteiger partial charge in [0.1, 0.15) is 0 Å². The summed E-state index contributed by atoms with van der Waals surface area (Å²) >= 11 is 0. The summed E-state index contributed by atoms with van der Waals surface area (Å²) in [6.07, 6.45) is 7.31. The van der Waals surface area contributed by atoms with Gasteiger partial charge in [-0.2, -0.15) is 10.2 Å². The Kier molecular flexibility index (Phi) is 3.54. The van der Waals surface area contributed by atoms with E-state index in [1.165, 1.54) is 19.3 Å². The monoisotopic (exact) mass is 219 g/mol. The zero-order valence-electron chi connectivity index (χ0n) is 10.1. The van der Waals surface area contributed by atoms with Gasteiger partial charge in [-0.15, -0.1) is 0 Å². The van der Waals surface area contributed by atoms with Gasteiger partial charge in [-0.05, 0) is 42.2 Å². The molecule has 1 fully saturated rings. The van der Waals surface area contributed by atoms with Crippen molar-refractivity contribution in [3.05, 3.63) is 24.0 Å². The van der Waals surface area contributed by atoms with Gasteiger partial charge in [-0.1, -0.05) is 20.3 Å². The highest BCUT2D eigenvalue weighted by Gasteiger charge is 2.29. The molecule has 88 valence electrons. The lowest BCUT2D eigenvalue weighted by atomic mass is 9.72. The summed E-state index contributed by atoms with van der Waals surface area (Å²) in [5.74, 6) is 2.24. The first kappa shape index (κ1) is 11.5. The Bertz CT molecular complexity index is 325. The van der Waals surface area contributed by atoms with Gasteiger partial charge in [-0.25, -0.2) is 0 Å². The fraction of sp³-hybridized carbons (Fsp3) is 0.692. The normalized spacial score (nSPS) is 32.3. The summed E-state index contributed by atoms with van der Waals surface area (Å²) in [6, 6.07) is 2.12. The molecule has 4 unspecified atom stereocenters. The molecule has 0 aliphatic heterocycles. The van der Waals surface area contributed by atoms with Crippen molar-refractivity contribution in [1.29, 1.82) is 0 Å². The summed E-state index contributed by atoms with van der Waals surface area (Å²) in [5.41, 5.74) is 7.44. The van der Waals surface area contributed by atoms with Crippen LogP contribution in [0.1, 0.15) is 44.7 Å². The minimum atomic E-state index is 0.130. The number of nitrogens with two attached hydrogens (primary N) is 1.